The molecule has 2 aliphatic rings. The maximum Gasteiger partial charge on any atom is 0.458 e. The lowest BCUT2D eigenvalue weighted by molar-refractivity contribution is 0.00578. The van der Waals surface area contributed by atoms with Gasteiger partial charge in [0.25, 0.3) is 0 Å². The van der Waals surface area contributed by atoms with E-state index in [1.807, 2.05) is 0 Å². The van der Waals surface area contributed by atoms with Gasteiger partial charge in [-0.15, -0.1) is 0 Å². The smallest absolute Gasteiger partial charge is 0.403 e. The molecule has 1 saturated carbocycles. The van der Waals surface area contributed by atoms with Crippen molar-refractivity contribution in [3.63, 3.8) is 0 Å². The van der Waals surface area contributed by atoms with Gasteiger partial charge in [0.2, 0.25) is 0 Å². The second-order valence-corrected chi connectivity index (χ2v) is 6.07. The van der Waals surface area contributed by atoms with E-state index in [9.17, 15) is 0 Å². The van der Waals surface area contributed by atoms with Crippen LogP contribution < -0.4 is 0 Å². The summed E-state index contributed by atoms with van der Waals surface area (Å²) in [6.07, 6.45) is 6.61. The monoisotopic (exact) mass is 210 g/mol. The average Bonchev–Trinajstić information content (AvgIpc) is 2.59. The Hall–Kier alpha value is -0.0151. The van der Waals surface area contributed by atoms with Crippen molar-refractivity contribution in [1.82, 2.24) is 0 Å². The minimum atomic E-state index is -0.156. The zero-order valence-electron chi connectivity index (χ0n) is 10.5. The number of rotatable bonds is 2. The van der Waals surface area contributed by atoms with Gasteiger partial charge < -0.3 is 9.31 Å². The van der Waals surface area contributed by atoms with Crippen LogP contribution in [-0.4, -0.2) is 18.3 Å². The third-order valence-corrected chi connectivity index (χ3v) is 4.30. The Morgan fingerprint density at radius 1 is 1.00 bits per heavy atom. The first-order valence-corrected chi connectivity index (χ1v) is 6.26. The quantitative estimate of drug-likeness (QED) is 0.651. The molecule has 2 nitrogen and oxygen atoms in total. The lowest BCUT2D eigenvalue weighted by atomic mass is 9.77. The van der Waals surface area contributed by atoms with Crippen LogP contribution in [0.3, 0.4) is 0 Å². The minimum absolute atomic E-state index is 0.0260. The van der Waals surface area contributed by atoms with Crippen LogP contribution in [0.2, 0.25) is 6.32 Å². The molecule has 3 heteroatoms. The van der Waals surface area contributed by atoms with E-state index < -0.39 is 0 Å². The Labute approximate surface area is 93.9 Å². The Morgan fingerprint density at radius 2 is 1.47 bits per heavy atom. The Balaban J connectivity index is 1.91. The molecule has 1 aliphatic heterocycles. The van der Waals surface area contributed by atoms with E-state index in [4.69, 9.17) is 9.31 Å². The molecular formula is C12H23BO2. The van der Waals surface area contributed by atoms with E-state index in [1.54, 1.807) is 0 Å². The predicted octanol–water partition coefficient (Wildman–Crippen LogP) is 3.27. The summed E-state index contributed by atoms with van der Waals surface area (Å²) < 4.78 is 12.0. The summed E-state index contributed by atoms with van der Waals surface area (Å²) in [6.45, 7) is 8.51. The fraction of sp³-hybridized carbons (Fsp3) is 1.00. The van der Waals surface area contributed by atoms with E-state index in [0.717, 1.165) is 12.2 Å². The molecule has 0 aromatic heterocycles. The molecule has 0 N–H and O–H groups in total. The summed E-state index contributed by atoms with van der Waals surface area (Å²) in [5.41, 5.74) is -0.313. The van der Waals surface area contributed by atoms with Crippen LogP contribution in [0.4, 0.5) is 0 Å². The second kappa shape index (κ2) is 3.78. The van der Waals surface area contributed by atoms with E-state index in [1.165, 1.54) is 25.7 Å². The molecule has 1 heterocycles. The molecule has 0 aromatic carbocycles. The summed E-state index contributed by atoms with van der Waals surface area (Å²) in [5.74, 6) is 0.833. The third kappa shape index (κ3) is 2.23. The van der Waals surface area contributed by atoms with Crippen LogP contribution in [0.1, 0.15) is 53.4 Å². The number of hydrogen-bond donors (Lipinski definition) is 0. The highest BCUT2D eigenvalue weighted by Gasteiger charge is 2.51. The second-order valence-electron chi connectivity index (χ2n) is 6.07. The van der Waals surface area contributed by atoms with Gasteiger partial charge in [-0.25, -0.2) is 0 Å². The molecule has 15 heavy (non-hydrogen) atoms. The average molecular weight is 210 g/mol. The third-order valence-electron chi connectivity index (χ3n) is 4.30. The summed E-state index contributed by atoms with van der Waals surface area (Å²) >= 11 is 0. The van der Waals surface area contributed by atoms with Gasteiger partial charge in [0.1, 0.15) is 0 Å². The minimum Gasteiger partial charge on any atom is -0.403 e. The largest absolute Gasteiger partial charge is 0.458 e. The maximum absolute atomic E-state index is 6.00. The summed E-state index contributed by atoms with van der Waals surface area (Å²) in [5, 5.41) is 0. The first-order valence-electron chi connectivity index (χ1n) is 6.26. The van der Waals surface area contributed by atoms with E-state index >= 15 is 0 Å². The highest BCUT2D eigenvalue weighted by Crippen LogP contribution is 2.40. The van der Waals surface area contributed by atoms with Crippen LogP contribution in [0.15, 0.2) is 0 Å². The Bertz CT molecular complexity index is 216. The Morgan fingerprint density at radius 3 is 1.93 bits per heavy atom. The van der Waals surface area contributed by atoms with Crippen molar-refractivity contribution in [1.29, 1.82) is 0 Å². The molecule has 0 aromatic rings. The SMILES string of the molecule is CC1(C)OB(CC2CCCC2)OC1(C)C. The van der Waals surface area contributed by atoms with Crippen LogP contribution in [0.5, 0.6) is 0 Å². The molecule has 0 bridgehead atoms. The molecule has 1 aliphatic carbocycles. The summed E-state index contributed by atoms with van der Waals surface area (Å²) in [7, 11) is 0.0260. The molecule has 2 rings (SSSR count). The van der Waals surface area contributed by atoms with Gasteiger partial charge in [0, 0.05) is 0 Å². The summed E-state index contributed by atoms with van der Waals surface area (Å²) in [6, 6.07) is 0. The van der Waals surface area contributed by atoms with Crippen molar-refractivity contribution in [2.45, 2.75) is 70.9 Å². The zero-order chi connectivity index (χ0) is 11.1. The van der Waals surface area contributed by atoms with Gasteiger partial charge in [-0.05, 0) is 39.9 Å². The van der Waals surface area contributed by atoms with Crippen molar-refractivity contribution < 1.29 is 9.31 Å². The zero-order valence-corrected chi connectivity index (χ0v) is 10.5. The summed E-state index contributed by atoms with van der Waals surface area (Å²) in [4.78, 5) is 0. The molecule has 0 spiro atoms. The van der Waals surface area contributed by atoms with Crippen molar-refractivity contribution >= 4 is 7.12 Å². The van der Waals surface area contributed by atoms with Crippen LogP contribution in [0, 0.1) is 5.92 Å². The standard InChI is InChI=1S/C12H23BO2/c1-11(2)12(3,4)15-13(14-11)9-10-7-5-6-8-10/h10H,5-9H2,1-4H3. The highest BCUT2D eigenvalue weighted by atomic mass is 16.7. The molecule has 2 fully saturated rings. The molecule has 1 saturated heterocycles. The molecule has 0 atom stereocenters. The van der Waals surface area contributed by atoms with Gasteiger partial charge in [-0.3, -0.25) is 0 Å². The van der Waals surface area contributed by atoms with Crippen LogP contribution in [0.25, 0.3) is 0 Å². The fourth-order valence-electron chi connectivity index (χ4n) is 2.58. The molecule has 0 radical (unpaired) electrons. The van der Waals surface area contributed by atoms with Gasteiger partial charge in [0.05, 0.1) is 11.2 Å². The van der Waals surface area contributed by atoms with Crippen LogP contribution in [-0.2, 0) is 9.31 Å². The van der Waals surface area contributed by atoms with Crippen molar-refractivity contribution in [3.8, 4) is 0 Å². The van der Waals surface area contributed by atoms with Crippen molar-refractivity contribution in [2.75, 3.05) is 0 Å². The van der Waals surface area contributed by atoms with Crippen molar-refractivity contribution in [2.24, 2.45) is 5.92 Å². The molecule has 0 unspecified atom stereocenters. The first kappa shape index (κ1) is 11.5. The maximum atomic E-state index is 6.00. The van der Waals surface area contributed by atoms with Gasteiger partial charge in [0.15, 0.2) is 0 Å². The van der Waals surface area contributed by atoms with E-state index in [2.05, 4.69) is 27.7 Å². The fourth-order valence-corrected chi connectivity index (χ4v) is 2.58. The highest BCUT2D eigenvalue weighted by molar-refractivity contribution is 6.45. The topological polar surface area (TPSA) is 18.5 Å². The molecule has 0 amide bonds. The predicted molar refractivity (Wildman–Crippen MR) is 62.8 cm³/mol. The number of hydrogen-bond acceptors (Lipinski definition) is 2. The van der Waals surface area contributed by atoms with Crippen LogP contribution >= 0.6 is 0 Å². The van der Waals surface area contributed by atoms with E-state index in [0.29, 0.717) is 0 Å². The first-order chi connectivity index (χ1) is 6.91. The Kier molecular flexibility index (Phi) is 2.89. The van der Waals surface area contributed by atoms with Crippen molar-refractivity contribution in [3.05, 3.63) is 0 Å². The lowest BCUT2D eigenvalue weighted by Gasteiger charge is -2.32. The van der Waals surface area contributed by atoms with Gasteiger partial charge in [-0.1, -0.05) is 25.7 Å². The van der Waals surface area contributed by atoms with Gasteiger partial charge in [-0.2, -0.15) is 0 Å². The normalized spacial score (nSPS) is 30.0. The molecular weight excluding hydrogens is 187 g/mol. The molecule has 86 valence electrons. The van der Waals surface area contributed by atoms with E-state index in [-0.39, 0.29) is 18.3 Å². The van der Waals surface area contributed by atoms with Gasteiger partial charge >= 0.3 is 7.12 Å². The lowest BCUT2D eigenvalue weighted by Crippen LogP contribution is -2.41.